The van der Waals surface area contributed by atoms with Crippen molar-refractivity contribution < 1.29 is 14.3 Å². The maximum atomic E-state index is 11.6. The number of esters is 1. The van der Waals surface area contributed by atoms with E-state index < -0.39 is 0 Å². The van der Waals surface area contributed by atoms with Crippen molar-refractivity contribution in [2.24, 2.45) is 0 Å². The highest BCUT2D eigenvalue weighted by atomic mass is 16.5. The van der Waals surface area contributed by atoms with Crippen LogP contribution in [0.2, 0.25) is 0 Å². The summed E-state index contributed by atoms with van der Waals surface area (Å²) >= 11 is 0. The molecule has 0 saturated heterocycles. The van der Waals surface area contributed by atoms with Gasteiger partial charge in [0.15, 0.2) is 6.29 Å². The quantitative estimate of drug-likeness (QED) is 0.593. The molecule has 110 valence electrons. The van der Waals surface area contributed by atoms with Crippen LogP contribution in [0.5, 0.6) is 0 Å². The van der Waals surface area contributed by atoms with Crippen LogP contribution >= 0.6 is 0 Å². The van der Waals surface area contributed by atoms with Crippen molar-refractivity contribution in [3.63, 3.8) is 0 Å². The zero-order valence-corrected chi connectivity index (χ0v) is 12.4. The van der Waals surface area contributed by atoms with Crippen LogP contribution < -0.4 is 0 Å². The van der Waals surface area contributed by atoms with Crippen LogP contribution in [0, 0.1) is 0 Å². The van der Waals surface area contributed by atoms with E-state index in [-0.39, 0.29) is 11.4 Å². The third-order valence-electron chi connectivity index (χ3n) is 4.51. The van der Waals surface area contributed by atoms with Gasteiger partial charge in [-0.1, -0.05) is 6.92 Å². The van der Waals surface area contributed by atoms with Crippen LogP contribution in [0.4, 0.5) is 0 Å². The second kappa shape index (κ2) is 6.25. The standard InChI is InChI=1S/C16H23NO3/c1-3-16(10-8-15(19)20-4-2)9-5-11-17-13(12-18)6-7-14(16)17/h6-7,12H,3-5,8-11H2,1-2H3. The van der Waals surface area contributed by atoms with Crippen LogP contribution in [0.1, 0.15) is 62.1 Å². The zero-order valence-electron chi connectivity index (χ0n) is 12.4. The van der Waals surface area contributed by atoms with E-state index in [1.807, 2.05) is 13.0 Å². The van der Waals surface area contributed by atoms with Gasteiger partial charge in [0.2, 0.25) is 0 Å². The molecule has 1 unspecified atom stereocenters. The number of carbonyl (C=O) groups is 2. The van der Waals surface area contributed by atoms with Crippen molar-refractivity contribution in [2.45, 2.75) is 57.9 Å². The van der Waals surface area contributed by atoms with E-state index in [1.54, 1.807) is 0 Å². The Bertz CT molecular complexity index is 492. The molecule has 0 amide bonds. The predicted molar refractivity (Wildman–Crippen MR) is 76.9 cm³/mol. The maximum absolute atomic E-state index is 11.6. The Morgan fingerprint density at radius 2 is 2.25 bits per heavy atom. The fourth-order valence-electron chi connectivity index (χ4n) is 3.36. The summed E-state index contributed by atoms with van der Waals surface area (Å²) in [6.07, 6.45) is 5.27. The Morgan fingerprint density at radius 3 is 2.90 bits per heavy atom. The zero-order chi connectivity index (χ0) is 14.6. The molecule has 0 bridgehead atoms. The van der Waals surface area contributed by atoms with Gasteiger partial charge in [0, 0.05) is 24.1 Å². The van der Waals surface area contributed by atoms with Crippen molar-refractivity contribution in [1.82, 2.24) is 4.57 Å². The van der Waals surface area contributed by atoms with E-state index in [4.69, 9.17) is 4.74 Å². The molecule has 2 heterocycles. The number of aldehydes is 1. The Labute approximate surface area is 120 Å². The summed E-state index contributed by atoms with van der Waals surface area (Å²) in [5, 5.41) is 0. The van der Waals surface area contributed by atoms with Crippen molar-refractivity contribution in [1.29, 1.82) is 0 Å². The topological polar surface area (TPSA) is 48.3 Å². The van der Waals surface area contributed by atoms with Crippen LogP contribution in [0.3, 0.4) is 0 Å². The van der Waals surface area contributed by atoms with Gasteiger partial charge in [-0.2, -0.15) is 0 Å². The first-order valence-electron chi connectivity index (χ1n) is 7.47. The molecular weight excluding hydrogens is 254 g/mol. The van der Waals surface area contributed by atoms with Crippen LogP contribution in [-0.4, -0.2) is 23.4 Å². The van der Waals surface area contributed by atoms with Crippen molar-refractivity contribution in [3.8, 4) is 0 Å². The summed E-state index contributed by atoms with van der Waals surface area (Å²) in [6.45, 7) is 5.32. The van der Waals surface area contributed by atoms with Crippen molar-refractivity contribution in [2.75, 3.05) is 6.61 Å². The number of hydrogen-bond acceptors (Lipinski definition) is 3. The number of rotatable bonds is 6. The monoisotopic (exact) mass is 277 g/mol. The number of hydrogen-bond donors (Lipinski definition) is 0. The SMILES string of the molecule is CCOC(=O)CCC1(CC)CCCn2c(C=O)ccc21. The second-order valence-electron chi connectivity index (χ2n) is 5.46. The first-order valence-corrected chi connectivity index (χ1v) is 7.47. The smallest absolute Gasteiger partial charge is 0.305 e. The highest BCUT2D eigenvalue weighted by Gasteiger charge is 2.36. The number of fused-ring (bicyclic) bond motifs is 1. The van der Waals surface area contributed by atoms with Gasteiger partial charge in [-0.15, -0.1) is 0 Å². The maximum Gasteiger partial charge on any atom is 0.305 e. The summed E-state index contributed by atoms with van der Waals surface area (Å²) in [5.74, 6) is -0.125. The molecule has 20 heavy (non-hydrogen) atoms. The fraction of sp³-hybridized carbons (Fsp3) is 0.625. The molecule has 0 fully saturated rings. The average molecular weight is 277 g/mol. The molecule has 0 spiro atoms. The third kappa shape index (κ3) is 2.65. The predicted octanol–water partition coefficient (Wildman–Crippen LogP) is 3.09. The highest BCUT2D eigenvalue weighted by Crippen LogP contribution is 2.41. The summed E-state index contributed by atoms with van der Waals surface area (Å²) in [5.41, 5.74) is 1.96. The molecule has 1 aliphatic rings. The minimum Gasteiger partial charge on any atom is -0.466 e. The number of nitrogens with zero attached hydrogens (tertiary/aromatic N) is 1. The molecule has 0 N–H and O–H groups in total. The summed E-state index contributed by atoms with van der Waals surface area (Å²) in [7, 11) is 0. The van der Waals surface area contributed by atoms with Gasteiger partial charge in [-0.05, 0) is 44.7 Å². The lowest BCUT2D eigenvalue weighted by atomic mass is 9.72. The molecule has 4 nitrogen and oxygen atoms in total. The third-order valence-corrected chi connectivity index (χ3v) is 4.51. The van der Waals surface area contributed by atoms with E-state index in [2.05, 4.69) is 17.6 Å². The molecule has 1 aliphatic heterocycles. The lowest BCUT2D eigenvalue weighted by molar-refractivity contribution is -0.143. The fourth-order valence-corrected chi connectivity index (χ4v) is 3.36. The number of aromatic nitrogens is 1. The Morgan fingerprint density at radius 1 is 1.45 bits per heavy atom. The van der Waals surface area contributed by atoms with E-state index in [9.17, 15) is 9.59 Å². The lowest BCUT2D eigenvalue weighted by Crippen LogP contribution is -2.34. The second-order valence-corrected chi connectivity index (χ2v) is 5.46. The Balaban J connectivity index is 2.21. The van der Waals surface area contributed by atoms with Crippen LogP contribution in [-0.2, 0) is 21.5 Å². The molecule has 0 aliphatic carbocycles. The van der Waals surface area contributed by atoms with Gasteiger partial charge in [-0.25, -0.2) is 0 Å². The molecule has 2 rings (SSSR count). The molecule has 0 saturated carbocycles. The number of carbonyl (C=O) groups excluding carboxylic acids is 2. The van der Waals surface area contributed by atoms with Crippen LogP contribution in [0.15, 0.2) is 12.1 Å². The Hall–Kier alpha value is -1.58. The minimum absolute atomic E-state index is 0.00622. The average Bonchev–Trinajstić information content (AvgIpc) is 2.89. The lowest BCUT2D eigenvalue weighted by Gasteiger charge is -2.38. The van der Waals surface area contributed by atoms with E-state index in [0.717, 1.165) is 44.2 Å². The molecule has 1 atom stereocenters. The van der Waals surface area contributed by atoms with E-state index in [0.29, 0.717) is 13.0 Å². The molecule has 0 radical (unpaired) electrons. The normalized spacial score (nSPS) is 21.3. The largest absolute Gasteiger partial charge is 0.466 e. The molecule has 4 heteroatoms. The molecule has 1 aromatic rings. The summed E-state index contributed by atoms with van der Waals surface area (Å²) in [4.78, 5) is 22.7. The van der Waals surface area contributed by atoms with Crippen LogP contribution in [0.25, 0.3) is 0 Å². The summed E-state index contributed by atoms with van der Waals surface area (Å²) < 4.78 is 7.15. The van der Waals surface area contributed by atoms with Gasteiger partial charge >= 0.3 is 5.97 Å². The molecular formula is C16H23NO3. The first kappa shape index (κ1) is 14.8. The molecule has 1 aromatic heterocycles. The number of ether oxygens (including phenoxy) is 1. The molecule has 0 aromatic carbocycles. The Kier molecular flexibility index (Phi) is 4.63. The van der Waals surface area contributed by atoms with E-state index in [1.165, 1.54) is 5.69 Å². The van der Waals surface area contributed by atoms with Crippen molar-refractivity contribution in [3.05, 3.63) is 23.5 Å². The van der Waals surface area contributed by atoms with E-state index >= 15 is 0 Å². The highest BCUT2D eigenvalue weighted by molar-refractivity contribution is 5.73. The summed E-state index contributed by atoms with van der Waals surface area (Å²) in [6, 6.07) is 3.94. The van der Waals surface area contributed by atoms with Gasteiger partial charge in [0.1, 0.15) is 0 Å². The minimum atomic E-state index is -0.125. The van der Waals surface area contributed by atoms with Crippen molar-refractivity contribution >= 4 is 12.3 Å². The van der Waals surface area contributed by atoms with Gasteiger partial charge in [0.05, 0.1) is 12.3 Å². The van der Waals surface area contributed by atoms with Gasteiger partial charge in [0.25, 0.3) is 0 Å². The first-order chi connectivity index (χ1) is 9.66. The van der Waals surface area contributed by atoms with Gasteiger partial charge < -0.3 is 9.30 Å². The van der Waals surface area contributed by atoms with Gasteiger partial charge in [-0.3, -0.25) is 9.59 Å².